The Kier molecular flexibility index (Phi) is 6.86. The van der Waals surface area contributed by atoms with E-state index in [2.05, 4.69) is 10.6 Å². The number of carbonyl (C=O) groups is 4. The van der Waals surface area contributed by atoms with Crippen molar-refractivity contribution in [3.05, 3.63) is 30.1 Å². The van der Waals surface area contributed by atoms with Gasteiger partial charge in [0.2, 0.25) is 17.7 Å². The minimum absolute atomic E-state index is 0.0101. The second-order valence-corrected chi connectivity index (χ2v) is 6.40. The molecule has 0 bridgehead atoms. The summed E-state index contributed by atoms with van der Waals surface area (Å²) in [5, 5.41) is 13.7. The third kappa shape index (κ3) is 5.77. The van der Waals surface area contributed by atoms with Crippen molar-refractivity contribution in [2.24, 2.45) is 5.92 Å². The number of carboxylic acids is 1. The highest BCUT2D eigenvalue weighted by Gasteiger charge is 2.36. The fraction of sp³-hybridized carbons (Fsp3) is 0.444. The second-order valence-electron chi connectivity index (χ2n) is 6.40. The molecule has 1 fully saturated rings. The van der Waals surface area contributed by atoms with E-state index in [0.717, 1.165) is 0 Å². The number of hydrogen-bond acceptors (Lipinski definition) is 4. The van der Waals surface area contributed by atoms with Crippen LogP contribution in [0.3, 0.4) is 0 Å². The van der Waals surface area contributed by atoms with Crippen LogP contribution in [0.15, 0.2) is 24.3 Å². The maximum atomic E-state index is 13.0. The zero-order valence-electron chi connectivity index (χ0n) is 14.9. The van der Waals surface area contributed by atoms with Crippen molar-refractivity contribution in [2.45, 2.75) is 32.2 Å². The monoisotopic (exact) mass is 379 g/mol. The molecule has 0 saturated carbocycles. The molecule has 1 aromatic rings. The molecule has 146 valence electrons. The Morgan fingerprint density at radius 2 is 1.96 bits per heavy atom. The van der Waals surface area contributed by atoms with E-state index in [9.17, 15) is 23.6 Å². The smallest absolute Gasteiger partial charge is 0.303 e. The molecule has 0 radical (unpaired) electrons. The van der Waals surface area contributed by atoms with Gasteiger partial charge in [0.05, 0.1) is 5.92 Å². The molecule has 0 spiro atoms. The van der Waals surface area contributed by atoms with Crippen LogP contribution in [0.4, 0.5) is 10.1 Å². The highest BCUT2D eigenvalue weighted by molar-refractivity contribution is 6.01. The lowest BCUT2D eigenvalue weighted by atomic mass is 10.1. The Morgan fingerprint density at radius 1 is 1.30 bits per heavy atom. The average Bonchev–Trinajstić information content (AvgIpc) is 3.01. The van der Waals surface area contributed by atoms with Gasteiger partial charge >= 0.3 is 5.97 Å². The summed E-state index contributed by atoms with van der Waals surface area (Å²) in [5.74, 6) is -3.04. The lowest BCUT2D eigenvalue weighted by Crippen LogP contribution is -2.47. The zero-order chi connectivity index (χ0) is 20.0. The van der Waals surface area contributed by atoms with Gasteiger partial charge in [-0.3, -0.25) is 19.2 Å². The number of benzene rings is 1. The summed E-state index contributed by atoms with van der Waals surface area (Å²) in [6, 6.07) is 4.62. The molecule has 3 N–H and O–H groups in total. The number of anilines is 1. The van der Waals surface area contributed by atoms with E-state index in [1.165, 1.54) is 36.1 Å². The van der Waals surface area contributed by atoms with Gasteiger partial charge < -0.3 is 20.6 Å². The fourth-order valence-corrected chi connectivity index (χ4v) is 2.75. The van der Waals surface area contributed by atoms with E-state index in [1.807, 2.05) is 0 Å². The highest BCUT2D eigenvalue weighted by Crippen LogP contribution is 2.25. The van der Waals surface area contributed by atoms with Gasteiger partial charge in [-0.25, -0.2) is 4.39 Å². The summed E-state index contributed by atoms with van der Waals surface area (Å²) in [6.07, 6.45) is 0.256. The lowest BCUT2D eigenvalue weighted by Gasteiger charge is -2.18. The number of carboxylic acid groups (broad SMARTS) is 1. The first kappa shape index (κ1) is 20.3. The van der Waals surface area contributed by atoms with Gasteiger partial charge in [0.25, 0.3) is 0 Å². The van der Waals surface area contributed by atoms with Crippen molar-refractivity contribution >= 4 is 29.4 Å². The molecule has 1 heterocycles. The number of nitrogens with one attached hydrogen (secondary N) is 2. The normalized spacial score (nSPS) is 17.5. The molecule has 1 aliphatic heterocycles. The van der Waals surface area contributed by atoms with Crippen LogP contribution in [0.25, 0.3) is 0 Å². The first-order valence-electron chi connectivity index (χ1n) is 8.63. The summed E-state index contributed by atoms with van der Waals surface area (Å²) >= 11 is 0. The zero-order valence-corrected chi connectivity index (χ0v) is 14.9. The molecule has 3 amide bonds. The van der Waals surface area contributed by atoms with Gasteiger partial charge in [0.1, 0.15) is 11.9 Å². The van der Waals surface area contributed by atoms with Crippen LogP contribution in [0, 0.1) is 11.7 Å². The summed E-state index contributed by atoms with van der Waals surface area (Å²) < 4.78 is 13.0. The molecule has 9 heteroatoms. The van der Waals surface area contributed by atoms with Crippen LogP contribution in [-0.4, -0.2) is 47.9 Å². The maximum Gasteiger partial charge on any atom is 0.303 e. The van der Waals surface area contributed by atoms with Gasteiger partial charge in [-0.1, -0.05) is 0 Å². The van der Waals surface area contributed by atoms with Crippen molar-refractivity contribution < 1.29 is 28.7 Å². The summed E-state index contributed by atoms with van der Waals surface area (Å²) in [5.41, 5.74) is 0.515. The maximum absolute atomic E-state index is 13.0. The molecule has 0 aliphatic carbocycles. The highest BCUT2D eigenvalue weighted by atomic mass is 19.1. The molecule has 0 unspecified atom stereocenters. The van der Waals surface area contributed by atoms with Crippen molar-refractivity contribution in [1.29, 1.82) is 0 Å². The minimum atomic E-state index is -0.942. The molecular weight excluding hydrogens is 357 g/mol. The largest absolute Gasteiger partial charge is 0.481 e. The van der Waals surface area contributed by atoms with Crippen molar-refractivity contribution in [2.75, 3.05) is 18.0 Å². The van der Waals surface area contributed by atoms with Crippen LogP contribution in [0.5, 0.6) is 0 Å². The average molecular weight is 379 g/mol. The molecule has 2 rings (SSSR count). The molecular formula is C18H22FN3O5. The first-order chi connectivity index (χ1) is 12.8. The predicted octanol–water partition coefficient (Wildman–Crippen LogP) is 0.664. The quantitative estimate of drug-likeness (QED) is 0.574. The Labute approximate surface area is 155 Å². The number of hydrogen-bond donors (Lipinski definition) is 3. The van der Waals surface area contributed by atoms with Crippen molar-refractivity contribution in [3.8, 4) is 0 Å². The van der Waals surface area contributed by atoms with E-state index in [1.54, 1.807) is 0 Å². The Balaban J connectivity index is 1.83. The van der Waals surface area contributed by atoms with E-state index >= 15 is 0 Å². The molecule has 1 aromatic carbocycles. The minimum Gasteiger partial charge on any atom is -0.481 e. The number of aliphatic carboxylic acids is 1. The SMILES string of the molecule is C[C@H](NC(=O)[C@H]1CC(=O)N(c2ccc(F)cc2)C1)C(=O)NCCCC(=O)O. The van der Waals surface area contributed by atoms with Gasteiger partial charge in [0.15, 0.2) is 0 Å². The number of halogens is 1. The van der Waals surface area contributed by atoms with Crippen LogP contribution < -0.4 is 15.5 Å². The van der Waals surface area contributed by atoms with Crippen molar-refractivity contribution in [1.82, 2.24) is 10.6 Å². The Morgan fingerprint density at radius 3 is 2.59 bits per heavy atom. The van der Waals surface area contributed by atoms with Crippen molar-refractivity contribution in [3.63, 3.8) is 0 Å². The van der Waals surface area contributed by atoms with Gasteiger partial charge in [0, 0.05) is 31.6 Å². The first-order valence-corrected chi connectivity index (χ1v) is 8.63. The number of nitrogens with zero attached hydrogens (tertiary/aromatic N) is 1. The number of amides is 3. The van der Waals surface area contributed by atoms with E-state index < -0.39 is 35.6 Å². The number of rotatable bonds is 8. The standard InChI is InChI=1S/C18H22FN3O5/c1-11(17(26)20-8-2-3-16(24)25)21-18(27)12-9-15(23)22(10-12)14-6-4-13(19)5-7-14/h4-7,11-12H,2-3,8-10H2,1H3,(H,20,26)(H,21,27)(H,24,25)/t11-,12-/m0/s1. The van der Waals surface area contributed by atoms with Gasteiger partial charge in [-0.15, -0.1) is 0 Å². The molecule has 1 saturated heterocycles. The Hall–Kier alpha value is -2.97. The molecule has 1 aliphatic rings. The topological polar surface area (TPSA) is 116 Å². The fourth-order valence-electron chi connectivity index (χ4n) is 2.75. The van der Waals surface area contributed by atoms with Crippen LogP contribution in [0.1, 0.15) is 26.2 Å². The lowest BCUT2D eigenvalue weighted by molar-refractivity contribution is -0.137. The second kappa shape index (κ2) is 9.11. The summed E-state index contributed by atoms with van der Waals surface area (Å²) in [4.78, 5) is 48.3. The van der Waals surface area contributed by atoms with Crippen LogP contribution in [-0.2, 0) is 19.2 Å². The molecule has 2 atom stereocenters. The molecule has 8 nitrogen and oxygen atoms in total. The van der Waals surface area contributed by atoms with Gasteiger partial charge in [-0.2, -0.15) is 0 Å². The third-order valence-electron chi connectivity index (χ3n) is 4.25. The van der Waals surface area contributed by atoms with E-state index in [-0.39, 0.29) is 31.8 Å². The number of carbonyl (C=O) groups excluding carboxylic acids is 3. The molecule has 27 heavy (non-hydrogen) atoms. The van der Waals surface area contributed by atoms with Crippen LogP contribution >= 0.6 is 0 Å². The Bertz CT molecular complexity index is 722. The summed E-state index contributed by atoms with van der Waals surface area (Å²) in [7, 11) is 0. The van der Waals surface area contributed by atoms with Gasteiger partial charge in [-0.05, 0) is 37.6 Å². The molecule has 0 aromatic heterocycles. The summed E-state index contributed by atoms with van der Waals surface area (Å²) in [6.45, 7) is 1.87. The van der Waals surface area contributed by atoms with E-state index in [4.69, 9.17) is 5.11 Å². The third-order valence-corrected chi connectivity index (χ3v) is 4.25. The predicted molar refractivity (Wildman–Crippen MR) is 94.3 cm³/mol. The van der Waals surface area contributed by atoms with Crippen LogP contribution in [0.2, 0.25) is 0 Å². The van der Waals surface area contributed by atoms with E-state index in [0.29, 0.717) is 12.1 Å².